The predicted molar refractivity (Wildman–Crippen MR) is 108 cm³/mol. The first-order chi connectivity index (χ1) is 12.2. The molecular weight excluding hydrogens is 352 g/mol. The number of methoxy groups -OCH3 is 1. The van der Waals surface area contributed by atoms with Crippen LogP contribution in [0.4, 0.5) is 0 Å². The van der Waals surface area contributed by atoms with Crippen molar-refractivity contribution in [3.8, 4) is 11.5 Å². The zero-order valence-electron chi connectivity index (χ0n) is 17.1. The van der Waals surface area contributed by atoms with E-state index in [0.29, 0.717) is 53.2 Å². The Hall–Kier alpha value is -1.46. The highest BCUT2D eigenvalue weighted by molar-refractivity contribution is 6.32. The third-order valence-corrected chi connectivity index (χ3v) is 4.32. The Bertz CT molecular complexity index is 581. The molecule has 0 radical (unpaired) electrons. The number of carbonyl (C=O) groups excluding carboxylic acids is 1. The van der Waals surface area contributed by atoms with Gasteiger partial charge < -0.3 is 14.8 Å². The molecule has 0 unspecified atom stereocenters. The van der Waals surface area contributed by atoms with Crippen LogP contribution in [0.1, 0.15) is 51.9 Å². The van der Waals surface area contributed by atoms with E-state index in [1.165, 1.54) is 0 Å². The van der Waals surface area contributed by atoms with E-state index in [0.717, 1.165) is 6.54 Å². The molecule has 0 aliphatic carbocycles. The zero-order valence-corrected chi connectivity index (χ0v) is 17.8. The molecule has 0 aliphatic heterocycles. The van der Waals surface area contributed by atoms with Crippen molar-refractivity contribution < 1.29 is 14.3 Å². The van der Waals surface area contributed by atoms with Crippen molar-refractivity contribution in [2.75, 3.05) is 26.8 Å². The Labute approximate surface area is 163 Å². The summed E-state index contributed by atoms with van der Waals surface area (Å²) < 4.78 is 11.1. The molecule has 148 valence electrons. The van der Waals surface area contributed by atoms with Crippen LogP contribution in [-0.2, 0) is 0 Å². The number of amides is 1. The standard InChI is InChI=1S/C20H33ClN2O3/c1-13(2)12-26-19-17(21)10-16(11-18(19)25-7)20(24)22-8-9-23(14(3)4)15(5)6/h10-11,13-15H,8-9,12H2,1-7H3,(H,22,24). The fourth-order valence-electron chi connectivity index (χ4n) is 2.75. The second-order valence-corrected chi connectivity index (χ2v) is 7.78. The molecule has 1 aromatic rings. The van der Waals surface area contributed by atoms with Gasteiger partial charge in [0.05, 0.1) is 18.7 Å². The lowest BCUT2D eigenvalue weighted by atomic mass is 10.1. The molecule has 0 bridgehead atoms. The van der Waals surface area contributed by atoms with E-state index in [2.05, 4.69) is 51.8 Å². The summed E-state index contributed by atoms with van der Waals surface area (Å²) in [5.41, 5.74) is 0.462. The number of halogens is 1. The van der Waals surface area contributed by atoms with E-state index in [4.69, 9.17) is 21.1 Å². The molecule has 0 fully saturated rings. The second-order valence-electron chi connectivity index (χ2n) is 7.38. The Morgan fingerprint density at radius 3 is 2.27 bits per heavy atom. The lowest BCUT2D eigenvalue weighted by molar-refractivity contribution is 0.0939. The number of benzene rings is 1. The van der Waals surface area contributed by atoms with Crippen LogP contribution in [0.5, 0.6) is 11.5 Å². The van der Waals surface area contributed by atoms with E-state index in [-0.39, 0.29) is 5.91 Å². The number of hydrogen-bond donors (Lipinski definition) is 1. The number of rotatable bonds is 10. The molecule has 5 nitrogen and oxygen atoms in total. The molecule has 6 heteroatoms. The number of nitrogens with zero attached hydrogens (tertiary/aromatic N) is 1. The van der Waals surface area contributed by atoms with Gasteiger partial charge in [-0.25, -0.2) is 0 Å². The van der Waals surface area contributed by atoms with Crippen molar-refractivity contribution in [3.05, 3.63) is 22.7 Å². The van der Waals surface area contributed by atoms with Gasteiger partial charge in [-0.3, -0.25) is 9.69 Å². The highest BCUT2D eigenvalue weighted by Gasteiger charge is 2.17. The summed E-state index contributed by atoms with van der Waals surface area (Å²) in [5.74, 6) is 1.14. The van der Waals surface area contributed by atoms with E-state index in [1.54, 1.807) is 19.2 Å². The van der Waals surface area contributed by atoms with Crippen LogP contribution in [0.2, 0.25) is 5.02 Å². The fraction of sp³-hybridized carbons (Fsp3) is 0.650. The van der Waals surface area contributed by atoms with Gasteiger partial charge in [-0.2, -0.15) is 0 Å². The minimum atomic E-state index is -0.173. The van der Waals surface area contributed by atoms with E-state index in [1.807, 2.05) is 0 Å². The highest BCUT2D eigenvalue weighted by atomic mass is 35.5. The summed E-state index contributed by atoms with van der Waals surface area (Å²) in [6, 6.07) is 4.15. The molecule has 0 aliphatic rings. The molecule has 0 saturated carbocycles. The minimum absolute atomic E-state index is 0.173. The zero-order chi connectivity index (χ0) is 19.9. The van der Waals surface area contributed by atoms with Gasteiger partial charge in [0.15, 0.2) is 11.5 Å². The number of nitrogens with one attached hydrogen (secondary N) is 1. The molecule has 0 spiro atoms. The van der Waals surface area contributed by atoms with Gasteiger partial charge in [0.1, 0.15) is 0 Å². The first kappa shape index (κ1) is 22.6. The summed E-state index contributed by atoms with van der Waals surface area (Å²) in [7, 11) is 1.54. The van der Waals surface area contributed by atoms with Crippen molar-refractivity contribution in [1.29, 1.82) is 0 Å². The predicted octanol–water partition coefficient (Wildman–Crippen LogP) is 4.23. The lowest BCUT2D eigenvalue weighted by Crippen LogP contribution is -2.42. The Morgan fingerprint density at radius 2 is 1.77 bits per heavy atom. The molecule has 0 heterocycles. The van der Waals surface area contributed by atoms with Crippen LogP contribution >= 0.6 is 11.6 Å². The maximum absolute atomic E-state index is 12.5. The summed E-state index contributed by atoms with van der Waals surface area (Å²) in [6.07, 6.45) is 0. The minimum Gasteiger partial charge on any atom is -0.493 e. The topological polar surface area (TPSA) is 50.8 Å². The molecule has 26 heavy (non-hydrogen) atoms. The number of ether oxygens (including phenoxy) is 2. The molecule has 1 rings (SSSR count). The van der Waals surface area contributed by atoms with Crippen LogP contribution < -0.4 is 14.8 Å². The SMILES string of the molecule is COc1cc(C(=O)NCCN(C(C)C)C(C)C)cc(Cl)c1OCC(C)C. The Kier molecular flexibility index (Phi) is 9.23. The quantitative estimate of drug-likeness (QED) is 0.655. The molecular formula is C20H33ClN2O3. The van der Waals surface area contributed by atoms with Gasteiger partial charge in [0.2, 0.25) is 0 Å². The van der Waals surface area contributed by atoms with Crippen LogP contribution in [0, 0.1) is 5.92 Å². The van der Waals surface area contributed by atoms with Gasteiger partial charge in [-0.1, -0.05) is 25.4 Å². The monoisotopic (exact) mass is 384 g/mol. The maximum Gasteiger partial charge on any atom is 0.251 e. The van der Waals surface area contributed by atoms with Crippen LogP contribution in [0.15, 0.2) is 12.1 Å². The Morgan fingerprint density at radius 1 is 1.15 bits per heavy atom. The lowest BCUT2D eigenvalue weighted by Gasteiger charge is -2.30. The first-order valence-corrected chi connectivity index (χ1v) is 9.59. The summed E-state index contributed by atoms with van der Waals surface area (Å²) in [6.45, 7) is 14.6. The number of carbonyl (C=O) groups is 1. The summed E-state index contributed by atoms with van der Waals surface area (Å²) in [4.78, 5) is 14.8. The average molecular weight is 385 g/mol. The van der Waals surface area contributed by atoms with Crippen molar-refractivity contribution in [2.45, 2.75) is 53.6 Å². The van der Waals surface area contributed by atoms with Gasteiger partial charge in [0.25, 0.3) is 5.91 Å². The molecule has 1 N–H and O–H groups in total. The Balaban J connectivity index is 2.79. The molecule has 0 atom stereocenters. The summed E-state index contributed by atoms with van der Waals surface area (Å²) >= 11 is 6.32. The second kappa shape index (κ2) is 10.6. The highest BCUT2D eigenvalue weighted by Crippen LogP contribution is 2.36. The molecule has 1 amide bonds. The number of hydrogen-bond acceptors (Lipinski definition) is 4. The average Bonchev–Trinajstić information content (AvgIpc) is 2.55. The van der Waals surface area contributed by atoms with Gasteiger partial charge in [-0.15, -0.1) is 0 Å². The van der Waals surface area contributed by atoms with E-state index < -0.39 is 0 Å². The van der Waals surface area contributed by atoms with Crippen LogP contribution in [0.3, 0.4) is 0 Å². The van der Waals surface area contributed by atoms with Gasteiger partial charge in [-0.05, 0) is 45.7 Å². The molecule has 1 aromatic carbocycles. The van der Waals surface area contributed by atoms with Gasteiger partial charge >= 0.3 is 0 Å². The smallest absolute Gasteiger partial charge is 0.251 e. The third kappa shape index (κ3) is 6.69. The van der Waals surface area contributed by atoms with Crippen molar-refractivity contribution in [3.63, 3.8) is 0 Å². The third-order valence-electron chi connectivity index (χ3n) is 4.03. The van der Waals surface area contributed by atoms with Crippen molar-refractivity contribution in [2.24, 2.45) is 5.92 Å². The largest absolute Gasteiger partial charge is 0.493 e. The molecule has 0 saturated heterocycles. The summed E-state index contributed by atoms with van der Waals surface area (Å²) in [5, 5.41) is 3.33. The maximum atomic E-state index is 12.5. The fourth-order valence-corrected chi connectivity index (χ4v) is 3.02. The van der Waals surface area contributed by atoms with E-state index in [9.17, 15) is 4.79 Å². The van der Waals surface area contributed by atoms with E-state index >= 15 is 0 Å². The first-order valence-electron chi connectivity index (χ1n) is 9.21. The normalized spacial score (nSPS) is 11.5. The van der Waals surface area contributed by atoms with Crippen molar-refractivity contribution in [1.82, 2.24) is 10.2 Å². The van der Waals surface area contributed by atoms with Crippen molar-refractivity contribution >= 4 is 17.5 Å². The van der Waals surface area contributed by atoms with Crippen LogP contribution in [-0.4, -0.2) is 49.7 Å². The van der Waals surface area contributed by atoms with Gasteiger partial charge in [0, 0.05) is 30.7 Å². The molecule has 0 aromatic heterocycles. The van der Waals surface area contributed by atoms with Crippen LogP contribution in [0.25, 0.3) is 0 Å².